The summed E-state index contributed by atoms with van der Waals surface area (Å²) in [6.07, 6.45) is 9.27. The Hall–Kier alpha value is -0.770. The zero-order valence-corrected chi connectivity index (χ0v) is 8.96. The molecule has 1 N–H and O–H groups in total. The second-order valence-electron chi connectivity index (χ2n) is 3.46. The van der Waals surface area contributed by atoms with Crippen molar-refractivity contribution in [2.75, 3.05) is 17.6 Å². The maximum Gasteiger partial charge on any atom is 0.144 e. The second-order valence-corrected chi connectivity index (χ2v) is 4.87. The Morgan fingerprint density at radius 2 is 2.43 bits per heavy atom. The first-order valence-electron chi connectivity index (χ1n) is 5.06. The molecule has 0 spiro atoms. The second kappa shape index (κ2) is 5.20. The Bertz CT molecular complexity index is 259. The third kappa shape index (κ3) is 2.87. The van der Waals surface area contributed by atoms with Crippen LogP contribution in [0.5, 0.6) is 0 Å². The van der Waals surface area contributed by atoms with E-state index in [0.717, 1.165) is 17.6 Å². The molecule has 0 amide bonds. The van der Waals surface area contributed by atoms with E-state index in [1.807, 2.05) is 0 Å². The van der Waals surface area contributed by atoms with Crippen molar-refractivity contribution in [1.29, 1.82) is 0 Å². The van der Waals surface area contributed by atoms with Crippen LogP contribution in [0.1, 0.15) is 19.3 Å². The van der Waals surface area contributed by atoms with E-state index >= 15 is 0 Å². The Labute approximate surface area is 88.7 Å². The Morgan fingerprint density at radius 3 is 3.14 bits per heavy atom. The van der Waals surface area contributed by atoms with Gasteiger partial charge in [-0.05, 0) is 18.6 Å². The highest BCUT2D eigenvalue weighted by Crippen LogP contribution is 2.24. The summed E-state index contributed by atoms with van der Waals surface area (Å²) in [6.45, 7) is 1.02. The van der Waals surface area contributed by atoms with Gasteiger partial charge in [-0.3, -0.25) is 4.98 Å². The van der Waals surface area contributed by atoms with Gasteiger partial charge in [-0.15, -0.1) is 0 Å². The maximum absolute atomic E-state index is 4.18. The van der Waals surface area contributed by atoms with Gasteiger partial charge < -0.3 is 5.32 Å². The SMILES string of the molecule is c1cnc(NCC2CCCCS2)cn1. The molecule has 2 heterocycles. The minimum atomic E-state index is 0.755. The summed E-state index contributed by atoms with van der Waals surface area (Å²) in [5, 5.41) is 4.08. The molecule has 0 saturated carbocycles. The Kier molecular flexibility index (Phi) is 3.63. The van der Waals surface area contributed by atoms with Crippen LogP contribution in [0.2, 0.25) is 0 Å². The van der Waals surface area contributed by atoms with E-state index in [2.05, 4.69) is 27.0 Å². The van der Waals surface area contributed by atoms with Gasteiger partial charge in [-0.1, -0.05) is 6.42 Å². The molecule has 1 aliphatic rings. The normalized spacial score (nSPS) is 21.9. The van der Waals surface area contributed by atoms with Crippen LogP contribution in [0, 0.1) is 0 Å². The smallest absolute Gasteiger partial charge is 0.144 e. The fraction of sp³-hybridized carbons (Fsp3) is 0.600. The van der Waals surface area contributed by atoms with E-state index < -0.39 is 0 Å². The summed E-state index contributed by atoms with van der Waals surface area (Å²) in [4.78, 5) is 8.20. The van der Waals surface area contributed by atoms with Crippen molar-refractivity contribution >= 4 is 17.6 Å². The van der Waals surface area contributed by atoms with Crippen LogP contribution in [0.25, 0.3) is 0 Å². The largest absolute Gasteiger partial charge is 0.368 e. The Morgan fingerprint density at radius 1 is 1.43 bits per heavy atom. The molecule has 1 unspecified atom stereocenters. The molecule has 2 rings (SSSR count). The summed E-state index contributed by atoms with van der Waals surface area (Å²) < 4.78 is 0. The lowest BCUT2D eigenvalue weighted by molar-refractivity contribution is 0.677. The van der Waals surface area contributed by atoms with Crippen molar-refractivity contribution in [2.24, 2.45) is 0 Å². The van der Waals surface area contributed by atoms with E-state index in [4.69, 9.17) is 0 Å². The number of anilines is 1. The average Bonchev–Trinajstić information content (AvgIpc) is 2.29. The number of hydrogen-bond acceptors (Lipinski definition) is 4. The number of hydrogen-bond donors (Lipinski definition) is 1. The van der Waals surface area contributed by atoms with Crippen molar-refractivity contribution in [3.63, 3.8) is 0 Å². The number of nitrogens with zero attached hydrogens (tertiary/aromatic N) is 2. The fourth-order valence-corrected chi connectivity index (χ4v) is 2.82. The van der Waals surface area contributed by atoms with E-state index in [9.17, 15) is 0 Å². The molecule has 1 atom stereocenters. The monoisotopic (exact) mass is 209 g/mol. The first-order valence-corrected chi connectivity index (χ1v) is 6.11. The van der Waals surface area contributed by atoms with Crippen molar-refractivity contribution in [1.82, 2.24) is 9.97 Å². The predicted octanol–water partition coefficient (Wildman–Crippen LogP) is 2.17. The first kappa shape index (κ1) is 9.77. The molecule has 0 bridgehead atoms. The van der Waals surface area contributed by atoms with Crippen LogP contribution in [0.15, 0.2) is 18.6 Å². The highest BCUT2D eigenvalue weighted by molar-refractivity contribution is 7.99. The zero-order chi connectivity index (χ0) is 9.64. The lowest BCUT2D eigenvalue weighted by atomic mass is 10.2. The van der Waals surface area contributed by atoms with Gasteiger partial charge in [0.2, 0.25) is 0 Å². The third-order valence-corrected chi connectivity index (χ3v) is 3.75. The van der Waals surface area contributed by atoms with Gasteiger partial charge in [0.1, 0.15) is 5.82 Å². The molecule has 76 valence electrons. The number of nitrogens with one attached hydrogen (secondary N) is 1. The third-order valence-electron chi connectivity index (χ3n) is 2.35. The average molecular weight is 209 g/mol. The summed E-state index contributed by atoms with van der Waals surface area (Å²) in [5.74, 6) is 2.20. The van der Waals surface area contributed by atoms with Gasteiger partial charge in [-0.2, -0.15) is 11.8 Å². The molecular formula is C10H15N3S. The quantitative estimate of drug-likeness (QED) is 0.828. The van der Waals surface area contributed by atoms with Gasteiger partial charge in [0, 0.05) is 24.2 Å². The van der Waals surface area contributed by atoms with E-state index in [1.54, 1.807) is 18.6 Å². The Balaban J connectivity index is 1.76. The molecular weight excluding hydrogens is 194 g/mol. The van der Waals surface area contributed by atoms with Crippen molar-refractivity contribution in [3.05, 3.63) is 18.6 Å². The zero-order valence-electron chi connectivity index (χ0n) is 8.15. The lowest BCUT2D eigenvalue weighted by Crippen LogP contribution is -2.20. The molecule has 1 saturated heterocycles. The maximum atomic E-state index is 4.18. The van der Waals surface area contributed by atoms with Crippen LogP contribution in [-0.4, -0.2) is 27.5 Å². The van der Waals surface area contributed by atoms with Crippen LogP contribution in [-0.2, 0) is 0 Å². The molecule has 1 aromatic rings. The molecule has 1 fully saturated rings. The summed E-state index contributed by atoms with van der Waals surface area (Å²) >= 11 is 2.07. The number of aromatic nitrogens is 2. The highest BCUT2D eigenvalue weighted by Gasteiger charge is 2.13. The van der Waals surface area contributed by atoms with Gasteiger partial charge in [0.15, 0.2) is 0 Å². The molecule has 1 aromatic heterocycles. The molecule has 4 heteroatoms. The number of rotatable bonds is 3. The highest BCUT2D eigenvalue weighted by atomic mass is 32.2. The van der Waals surface area contributed by atoms with Gasteiger partial charge >= 0.3 is 0 Å². The molecule has 0 aromatic carbocycles. The van der Waals surface area contributed by atoms with Gasteiger partial charge in [0.05, 0.1) is 6.20 Å². The van der Waals surface area contributed by atoms with Gasteiger partial charge in [-0.25, -0.2) is 4.98 Å². The van der Waals surface area contributed by atoms with Gasteiger partial charge in [0.25, 0.3) is 0 Å². The van der Waals surface area contributed by atoms with Crippen LogP contribution >= 0.6 is 11.8 Å². The van der Waals surface area contributed by atoms with E-state index in [1.165, 1.54) is 25.0 Å². The fourth-order valence-electron chi connectivity index (χ4n) is 1.58. The van der Waals surface area contributed by atoms with E-state index in [-0.39, 0.29) is 0 Å². The minimum Gasteiger partial charge on any atom is -0.368 e. The molecule has 3 nitrogen and oxygen atoms in total. The van der Waals surface area contributed by atoms with Crippen molar-refractivity contribution in [3.8, 4) is 0 Å². The summed E-state index contributed by atoms with van der Waals surface area (Å²) in [7, 11) is 0. The molecule has 0 radical (unpaired) electrons. The summed E-state index contributed by atoms with van der Waals surface area (Å²) in [5.41, 5.74) is 0. The molecule has 14 heavy (non-hydrogen) atoms. The predicted molar refractivity (Wildman–Crippen MR) is 60.6 cm³/mol. The first-order chi connectivity index (χ1) is 6.95. The molecule has 0 aliphatic carbocycles. The summed E-state index contributed by atoms with van der Waals surface area (Å²) in [6, 6.07) is 0. The molecule has 1 aliphatic heterocycles. The number of thioether (sulfide) groups is 1. The van der Waals surface area contributed by atoms with E-state index in [0.29, 0.717) is 0 Å². The van der Waals surface area contributed by atoms with Crippen molar-refractivity contribution in [2.45, 2.75) is 24.5 Å². The minimum absolute atomic E-state index is 0.755. The van der Waals surface area contributed by atoms with Crippen LogP contribution in [0.3, 0.4) is 0 Å². The van der Waals surface area contributed by atoms with Crippen LogP contribution < -0.4 is 5.32 Å². The van der Waals surface area contributed by atoms with Crippen molar-refractivity contribution < 1.29 is 0 Å². The van der Waals surface area contributed by atoms with Crippen LogP contribution in [0.4, 0.5) is 5.82 Å². The standard InChI is InChI=1S/C10H15N3S/c1-2-6-14-9(3-1)7-13-10-8-11-4-5-12-10/h4-5,8-9H,1-3,6-7H2,(H,12,13). The topological polar surface area (TPSA) is 37.8 Å². The lowest BCUT2D eigenvalue weighted by Gasteiger charge is -2.21.